The second-order valence-electron chi connectivity index (χ2n) is 5.77. The molecule has 1 aromatic carbocycles. The molecule has 1 amide bonds. The van der Waals surface area contributed by atoms with E-state index < -0.39 is 0 Å². The van der Waals surface area contributed by atoms with Crippen LogP contribution >= 0.6 is 0 Å². The fraction of sp³-hybridized carbons (Fsp3) is 0.375. The average Bonchev–Trinajstić information content (AvgIpc) is 3.12. The molecule has 0 atom stereocenters. The van der Waals surface area contributed by atoms with E-state index in [-0.39, 0.29) is 5.91 Å². The maximum absolute atomic E-state index is 12.1. The third-order valence-electron chi connectivity index (χ3n) is 4.31. The summed E-state index contributed by atoms with van der Waals surface area (Å²) in [7, 11) is 0. The Morgan fingerprint density at radius 3 is 2.67 bits per heavy atom. The predicted octanol–water partition coefficient (Wildman–Crippen LogP) is 2.37. The van der Waals surface area contributed by atoms with E-state index in [0.29, 0.717) is 16.8 Å². The Hall–Kier alpha value is -2.30. The number of nitrogens with two attached hydrogens (primary N) is 1. The van der Waals surface area contributed by atoms with Crippen molar-refractivity contribution in [1.29, 1.82) is 0 Å². The average molecular weight is 284 g/mol. The lowest BCUT2D eigenvalue weighted by atomic mass is 10.0. The van der Waals surface area contributed by atoms with Crippen LogP contribution in [0.5, 0.6) is 0 Å². The Labute approximate surface area is 124 Å². The van der Waals surface area contributed by atoms with Crippen molar-refractivity contribution in [2.45, 2.75) is 26.2 Å². The van der Waals surface area contributed by atoms with Gasteiger partial charge in [0.2, 0.25) is 0 Å². The normalized spacial score (nSPS) is 15.7. The molecule has 3 N–H and O–H groups in total. The molecule has 1 fully saturated rings. The molecule has 0 saturated heterocycles. The summed E-state index contributed by atoms with van der Waals surface area (Å²) in [4.78, 5) is 12.1. The standard InChI is InChI=1S/C16H20N4O/c1-2-16(8-9-16)11-18-15(21)14-7-10-20(19-14)13-5-3-12(17)4-6-13/h3-7,10H,2,8-9,11,17H2,1H3,(H,18,21). The van der Waals surface area contributed by atoms with Crippen LogP contribution in [0.15, 0.2) is 36.5 Å². The molecule has 1 aliphatic carbocycles. The highest BCUT2D eigenvalue weighted by Crippen LogP contribution is 2.47. The van der Waals surface area contributed by atoms with Crippen LogP contribution in [0.4, 0.5) is 5.69 Å². The summed E-state index contributed by atoms with van der Waals surface area (Å²) in [6.45, 7) is 2.92. The molecule has 1 aliphatic rings. The first kappa shape index (κ1) is 13.7. The lowest BCUT2D eigenvalue weighted by molar-refractivity contribution is 0.0939. The van der Waals surface area contributed by atoms with Gasteiger partial charge in [-0.15, -0.1) is 0 Å². The molecule has 0 aliphatic heterocycles. The molecule has 21 heavy (non-hydrogen) atoms. The van der Waals surface area contributed by atoms with E-state index in [2.05, 4.69) is 17.3 Å². The predicted molar refractivity (Wildman–Crippen MR) is 82.3 cm³/mol. The zero-order valence-corrected chi connectivity index (χ0v) is 12.2. The Balaban J connectivity index is 1.66. The number of nitrogens with zero attached hydrogens (tertiary/aromatic N) is 2. The van der Waals surface area contributed by atoms with Crippen LogP contribution < -0.4 is 11.1 Å². The van der Waals surface area contributed by atoms with Gasteiger partial charge in [-0.2, -0.15) is 5.10 Å². The van der Waals surface area contributed by atoms with Crippen molar-refractivity contribution in [2.24, 2.45) is 5.41 Å². The number of rotatable bonds is 5. The van der Waals surface area contributed by atoms with E-state index in [1.807, 2.05) is 24.3 Å². The minimum Gasteiger partial charge on any atom is -0.399 e. The number of nitrogens with one attached hydrogen (secondary N) is 1. The van der Waals surface area contributed by atoms with E-state index in [4.69, 9.17) is 5.73 Å². The smallest absolute Gasteiger partial charge is 0.271 e. The van der Waals surface area contributed by atoms with Crippen molar-refractivity contribution < 1.29 is 4.79 Å². The molecule has 5 heteroatoms. The van der Waals surface area contributed by atoms with Gasteiger partial charge in [-0.3, -0.25) is 4.79 Å². The summed E-state index contributed by atoms with van der Waals surface area (Å²) in [5, 5.41) is 7.31. The van der Waals surface area contributed by atoms with Gasteiger partial charge in [0.05, 0.1) is 5.69 Å². The quantitative estimate of drug-likeness (QED) is 0.828. The third kappa shape index (κ3) is 2.91. The van der Waals surface area contributed by atoms with E-state index in [1.165, 1.54) is 12.8 Å². The lowest BCUT2D eigenvalue weighted by Crippen LogP contribution is -2.30. The van der Waals surface area contributed by atoms with Gasteiger partial charge in [0.1, 0.15) is 0 Å². The fourth-order valence-corrected chi connectivity index (χ4v) is 2.41. The van der Waals surface area contributed by atoms with Crippen LogP contribution in [0, 0.1) is 5.41 Å². The third-order valence-corrected chi connectivity index (χ3v) is 4.31. The van der Waals surface area contributed by atoms with E-state index in [0.717, 1.165) is 18.7 Å². The molecule has 1 heterocycles. The molecular formula is C16H20N4O. The van der Waals surface area contributed by atoms with Crippen molar-refractivity contribution in [3.05, 3.63) is 42.2 Å². The Bertz CT molecular complexity index is 641. The second kappa shape index (κ2) is 5.24. The number of hydrogen-bond acceptors (Lipinski definition) is 3. The first-order chi connectivity index (χ1) is 10.1. The largest absolute Gasteiger partial charge is 0.399 e. The molecular weight excluding hydrogens is 264 g/mol. The van der Waals surface area contributed by atoms with Crippen LogP contribution in [0.25, 0.3) is 5.69 Å². The number of anilines is 1. The Morgan fingerprint density at radius 1 is 1.33 bits per heavy atom. The summed E-state index contributed by atoms with van der Waals surface area (Å²) in [5.74, 6) is -0.107. The molecule has 0 bridgehead atoms. The summed E-state index contributed by atoms with van der Waals surface area (Å²) < 4.78 is 1.68. The van der Waals surface area contributed by atoms with Gasteiger partial charge in [-0.25, -0.2) is 4.68 Å². The second-order valence-corrected chi connectivity index (χ2v) is 5.77. The summed E-state index contributed by atoms with van der Waals surface area (Å²) in [6, 6.07) is 9.11. The first-order valence-corrected chi connectivity index (χ1v) is 7.32. The highest BCUT2D eigenvalue weighted by Gasteiger charge is 2.40. The SMILES string of the molecule is CCC1(CNC(=O)c2ccn(-c3ccc(N)cc3)n2)CC1. The Morgan fingerprint density at radius 2 is 2.05 bits per heavy atom. The van der Waals surface area contributed by atoms with Gasteiger partial charge in [0, 0.05) is 18.4 Å². The van der Waals surface area contributed by atoms with E-state index in [1.54, 1.807) is 16.9 Å². The molecule has 5 nitrogen and oxygen atoms in total. The maximum Gasteiger partial charge on any atom is 0.271 e. The number of carbonyl (C=O) groups is 1. The van der Waals surface area contributed by atoms with Crippen LogP contribution in [0.3, 0.4) is 0 Å². The van der Waals surface area contributed by atoms with Crippen LogP contribution in [0.1, 0.15) is 36.7 Å². The number of amides is 1. The summed E-state index contributed by atoms with van der Waals surface area (Å²) in [6.07, 6.45) is 5.33. The molecule has 110 valence electrons. The number of carbonyl (C=O) groups excluding carboxylic acids is 1. The minimum absolute atomic E-state index is 0.107. The van der Waals surface area contributed by atoms with Gasteiger partial charge in [-0.1, -0.05) is 6.92 Å². The fourth-order valence-electron chi connectivity index (χ4n) is 2.41. The maximum atomic E-state index is 12.1. The van der Waals surface area contributed by atoms with Crippen molar-refractivity contribution in [3.63, 3.8) is 0 Å². The molecule has 2 aromatic rings. The molecule has 1 saturated carbocycles. The first-order valence-electron chi connectivity index (χ1n) is 7.32. The lowest BCUT2D eigenvalue weighted by Gasteiger charge is -2.12. The van der Waals surface area contributed by atoms with Crippen LogP contribution in [0.2, 0.25) is 0 Å². The van der Waals surface area contributed by atoms with Crippen molar-refractivity contribution in [2.75, 3.05) is 12.3 Å². The zero-order chi connectivity index (χ0) is 14.9. The molecule has 0 spiro atoms. The van der Waals surface area contributed by atoms with Crippen molar-refractivity contribution >= 4 is 11.6 Å². The van der Waals surface area contributed by atoms with Crippen molar-refractivity contribution in [1.82, 2.24) is 15.1 Å². The number of nitrogen functional groups attached to an aromatic ring is 1. The molecule has 1 aromatic heterocycles. The van der Waals surface area contributed by atoms with Crippen molar-refractivity contribution in [3.8, 4) is 5.69 Å². The summed E-state index contributed by atoms with van der Waals surface area (Å²) >= 11 is 0. The highest BCUT2D eigenvalue weighted by molar-refractivity contribution is 5.92. The van der Waals surface area contributed by atoms with Gasteiger partial charge < -0.3 is 11.1 Å². The van der Waals surface area contributed by atoms with Gasteiger partial charge >= 0.3 is 0 Å². The summed E-state index contributed by atoms with van der Waals surface area (Å²) in [5.41, 5.74) is 8.04. The minimum atomic E-state index is -0.107. The van der Waals surface area contributed by atoms with E-state index in [9.17, 15) is 4.79 Å². The number of hydrogen-bond donors (Lipinski definition) is 2. The number of benzene rings is 1. The molecule has 0 unspecified atom stereocenters. The van der Waals surface area contributed by atoms with Gasteiger partial charge in [-0.05, 0) is 55.0 Å². The van der Waals surface area contributed by atoms with E-state index >= 15 is 0 Å². The Kier molecular flexibility index (Phi) is 3.41. The molecule has 0 radical (unpaired) electrons. The van der Waals surface area contributed by atoms with Gasteiger partial charge in [0.15, 0.2) is 5.69 Å². The zero-order valence-electron chi connectivity index (χ0n) is 12.2. The highest BCUT2D eigenvalue weighted by atomic mass is 16.1. The van der Waals surface area contributed by atoms with Gasteiger partial charge in [0.25, 0.3) is 5.91 Å². The topological polar surface area (TPSA) is 72.9 Å². The van der Waals surface area contributed by atoms with Crippen LogP contribution in [-0.4, -0.2) is 22.2 Å². The molecule has 3 rings (SSSR count). The monoisotopic (exact) mass is 284 g/mol. The van der Waals surface area contributed by atoms with Crippen LogP contribution in [-0.2, 0) is 0 Å². The number of aromatic nitrogens is 2.